The van der Waals surface area contributed by atoms with Gasteiger partial charge < -0.3 is 29.7 Å². The summed E-state index contributed by atoms with van der Waals surface area (Å²) in [5.41, 5.74) is 0.200. The Morgan fingerprint density at radius 2 is 1.86 bits per heavy atom. The van der Waals surface area contributed by atoms with E-state index < -0.39 is 29.0 Å². The molecule has 1 aliphatic carbocycles. The zero-order valence-corrected chi connectivity index (χ0v) is 21.9. The van der Waals surface area contributed by atoms with E-state index in [9.17, 15) is 19.4 Å². The van der Waals surface area contributed by atoms with E-state index in [-0.39, 0.29) is 24.8 Å². The minimum Gasteiger partial charge on any atom is -0.496 e. The van der Waals surface area contributed by atoms with E-state index in [0.29, 0.717) is 28.2 Å². The molecule has 7 nitrogen and oxygen atoms in total. The van der Waals surface area contributed by atoms with Crippen LogP contribution in [0.3, 0.4) is 0 Å². The van der Waals surface area contributed by atoms with E-state index in [1.807, 2.05) is 27.7 Å². The quantitative estimate of drug-likeness (QED) is 0.493. The lowest BCUT2D eigenvalue weighted by Crippen LogP contribution is -2.47. The summed E-state index contributed by atoms with van der Waals surface area (Å²) in [6.07, 6.45) is -1.28. The molecule has 3 rings (SSSR count). The highest BCUT2D eigenvalue weighted by atomic mass is 19.1. The van der Waals surface area contributed by atoms with E-state index in [1.54, 1.807) is 38.1 Å². The fourth-order valence-electron chi connectivity index (χ4n) is 4.69. The first-order valence-corrected chi connectivity index (χ1v) is 11.9. The number of hydrogen-bond donors (Lipinski definition) is 3. The highest BCUT2D eigenvalue weighted by Crippen LogP contribution is 2.50. The number of nitrogens with one attached hydrogen (secondary N) is 1. The Morgan fingerprint density at radius 1 is 1.17 bits per heavy atom. The molecule has 0 saturated carbocycles. The highest BCUT2D eigenvalue weighted by Gasteiger charge is 2.47. The van der Waals surface area contributed by atoms with Gasteiger partial charge in [-0.3, -0.25) is 0 Å². The first-order chi connectivity index (χ1) is 16.7. The van der Waals surface area contributed by atoms with Gasteiger partial charge >= 0.3 is 6.09 Å². The van der Waals surface area contributed by atoms with Crippen molar-refractivity contribution in [2.75, 3.05) is 13.7 Å². The SMILES string of the molecule is COc1cc(OC(=O)NC(C)C)ccc1C1=C(COc2cc(F)ccc2C)C(C)(O)CC(C)(C)C1O. The van der Waals surface area contributed by atoms with Crippen molar-refractivity contribution in [1.29, 1.82) is 0 Å². The van der Waals surface area contributed by atoms with Crippen molar-refractivity contribution in [3.8, 4) is 17.2 Å². The second-order valence-electron chi connectivity index (χ2n) is 10.5. The second-order valence-corrected chi connectivity index (χ2v) is 10.5. The predicted octanol–water partition coefficient (Wildman–Crippen LogP) is 5.01. The van der Waals surface area contributed by atoms with Crippen molar-refractivity contribution in [2.45, 2.75) is 65.7 Å². The largest absolute Gasteiger partial charge is 0.496 e. The molecule has 2 aromatic rings. The number of carbonyl (C=O) groups excluding carboxylic acids is 1. The third-order valence-corrected chi connectivity index (χ3v) is 6.39. The van der Waals surface area contributed by atoms with Gasteiger partial charge in [0.1, 0.15) is 29.7 Å². The summed E-state index contributed by atoms with van der Waals surface area (Å²) in [5, 5.41) is 25.6. The van der Waals surface area contributed by atoms with Crippen LogP contribution < -0.4 is 19.5 Å². The number of aliphatic hydroxyl groups is 2. The van der Waals surface area contributed by atoms with Crippen LogP contribution in [0, 0.1) is 18.2 Å². The van der Waals surface area contributed by atoms with Gasteiger partial charge in [0.25, 0.3) is 0 Å². The Bertz CT molecular complexity index is 1150. The molecule has 2 unspecified atom stereocenters. The molecule has 2 aromatic carbocycles. The van der Waals surface area contributed by atoms with Gasteiger partial charge in [-0.25, -0.2) is 9.18 Å². The van der Waals surface area contributed by atoms with Gasteiger partial charge in [0, 0.05) is 29.3 Å². The number of ether oxygens (including phenoxy) is 3. The summed E-state index contributed by atoms with van der Waals surface area (Å²) >= 11 is 0. The molecule has 0 bridgehead atoms. The van der Waals surface area contributed by atoms with E-state index in [1.165, 1.54) is 19.2 Å². The Hall–Kier alpha value is -3.10. The number of carbonyl (C=O) groups is 1. The van der Waals surface area contributed by atoms with Crippen molar-refractivity contribution in [3.63, 3.8) is 0 Å². The van der Waals surface area contributed by atoms with Crippen LogP contribution in [0.1, 0.15) is 52.2 Å². The van der Waals surface area contributed by atoms with Gasteiger partial charge in [0.05, 0.1) is 18.8 Å². The second kappa shape index (κ2) is 10.5. The van der Waals surface area contributed by atoms with Crippen LogP contribution in [0.5, 0.6) is 17.2 Å². The van der Waals surface area contributed by atoms with Crippen LogP contribution in [0.4, 0.5) is 9.18 Å². The molecular weight excluding hydrogens is 465 g/mol. The van der Waals surface area contributed by atoms with Crippen molar-refractivity contribution < 1.29 is 33.6 Å². The number of rotatable bonds is 7. The molecule has 3 N–H and O–H groups in total. The maximum atomic E-state index is 13.8. The van der Waals surface area contributed by atoms with Gasteiger partial charge in [-0.15, -0.1) is 0 Å². The van der Waals surface area contributed by atoms with Crippen molar-refractivity contribution in [2.24, 2.45) is 5.41 Å². The fourth-order valence-corrected chi connectivity index (χ4v) is 4.69. The molecule has 36 heavy (non-hydrogen) atoms. The molecule has 0 aromatic heterocycles. The standard InChI is InChI=1S/C28H36FNO6/c1-16(2)30-26(32)36-19-10-11-20(23(13-19)34-7)24-21(28(6,33)15-27(4,5)25(24)31)14-35-22-12-18(29)9-8-17(22)3/h8-13,16,25,31,33H,14-15H2,1-7H3,(H,30,32). The third-order valence-electron chi connectivity index (χ3n) is 6.39. The van der Waals surface area contributed by atoms with Gasteiger partial charge in [0.15, 0.2) is 0 Å². The van der Waals surface area contributed by atoms with Crippen molar-refractivity contribution in [1.82, 2.24) is 5.32 Å². The van der Waals surface area contributed by atoms with Gasteiger partial charge in [-0.2, -0.15) is 0 Å². The molecule has 0 spiro atoms. The molecule has 1 aliphatic rings. The normalized spacial score (nSPS) is 21.4. The van der Waals surface area contributed by atoms with Gasteiger partial charge in [-0.1, -0.05) is 19.9 Å². The lowest BCUT2D eigenvalue weighted by Gasteiger charge is -2.46. The van der Waals surface area contributed by atoms with E-state index >= 15 is 0 Å². The topological polar surface area (TPSA) is 97.3 Å². The zero-order valence-electron chi connectivity index (χ0n) is 21.9. The molecule has 0 fully saturated rings. The zero-order chi connectivity index (χ0) is 26.8. The summed E-state index contributed by atoms with van der Waals surface area (Å²) in [6.45, 7) is 10.8. The van der Waals surface area contributed by atoms with Crippen LogP contribution in [-0.4, -0.2) is 47.8 Å². The first-order valence-electron chi connectivity index (χ1n) is 11.9. The van der Waals surface area contributed by atoms with Crippen LogP contribution in [0.15, 0.2) is 42.0 Å². The van der Waals surface area contributed by atoms with Gasteiger partial charge in [0.2, 0.25) is 0 Å². The van der Waals surface area contributed by atoms with Crippen LogP contribution >= 0.6 is 0 Å². The number of aliphatic hydroxyl groups excluding tert-OH is 1. The lowest BCUT2D eigenvalue weighted by atomic mass is 9.64. The molecule has 0 aliphatic heterocycles. The minimum atomic E-state index is -1.32. The van der Waals surface area contributed by atoms with E-state index in [4.69, 9.17) is 14.2 Å². The predicted molar refractivity (Wildman–Crippen MR) is 136 cm³/mol. The number of methoxy groups -OCH3 is 1. The fraction of sp³-hybridized carbons (Fsp3) is 0.464. The molecule has 0 saturated heterocycles. The van der Waals surface area contributed by atoms with E-state index in [0.717, 1.165) is 5.56 Å². The Labute approximate surface area is 211 Å². The summed E-state index contributed by atoms with van der Waals surface area (Å²) in [6, 6.07) is 9.02. The number of amides is 1. The molecule has 0 radical (unpaired) electrons. The number of aryl methyl sites for hydroxylation is 1. The molecule has 0 heterocycles. The Morgan fingerprint density at radius 3 is 2.50 bits per heavy atom. The number of benzene rings is 2. The molecule has 8 heteroatoms. The molecule has 2 atom stereocenters. The van der Waals surface area contributed by atoms with Crippen LogP contribution in [-0.2, 0) is 0 Å². The van der Waals surface area contributed by atoms with Crippen molar-refractivity contribution in [3.05, 3.63) is 58.9 Å². The van der Waals surface area contributed by atoms with Gasteiger partial charge in [-0.05, 0) is 68.9 Å². The Kier molecular flexibility index (Phi) is 8.00. The summed E-state index contributed by atoms with van der Waals surface area (Å²) in [7, 11) is 1.47. The highest BCUT2D eigenvalue weighted by molar-refractivity contribution is 5.80. The van der Waals surface area contributed by atoms with E-state index in [2.05, 4.69) is 5.32 Å². The summed E-state index contributed by atoms with van der Waals surface area (Å²) in [5.74, 6) is 0.537. The molecule has 196 valence electrons. The number of halogens is 1. The maximum absolute atomic E-state index is 13.8. The monoisotopic (exact) mass is 501 g/mol. The van der Waals surface area contributed by atoms with Crippen LogP contribution in [0.2, 0.25) is 0 Å². The number of hydrogen-bond acceptors (Lipinski definition) is 6. The third kappa shape index (κ3) is 5.99. The molecular formula is C28H36FNO6. The summed E-state index contributed by atoms with van der Waals surface area (Å²) in [4.78, 5) is 12.1. The average Bonchev–Trinajstić information content (AvgIpc) is 2.76. The lowest BCUT2D eigenvalue weighted by molar-refractivity contribution is -0.0159. The molecule has 1 amide bonds. The smallest absolute Gasteiger partial charge is 0.412 e. The summed E-state index contributed by atoms with van der Waals surface area (Å²) < 4.78 is 30.7. The van der Waals surface area contributed by atoms with Crippen LogP contribution in [0.25, 0.3) is 5.57 Å². The average molecular weight is 502 g/mol. The Balaban J connectivity index is 2.09. The maximum Gasteiger partial charge on any atom is 0.412 e. The first kappa shape index (κ1) is 27.5. The van der Waals surface area contributed by atoms with Crippen molar-refractivity contribution >= 4 is 11.7 Å². The minimum absolute atomic E-state index is 0.0715.